The molecule has 5 N–H and O–H groups in total. The number of amides is 5. The molecule has 0 spiro atoms. The maximum Gasteiger partial charge on any atom is 0.407 e. The van der Waals surface area contributed by atoms with E-state index < -0.39 is 41.5 Å². The maximum atomic E-state index is 11.7. The average Bonchev–Trinajstić information content (AvgIpc) is 3.00. The van der Waals surface area contributed by atoms with Crippen molar-refractivity contribution in [2.45, 2.75) is 51.7 Å². The molecule has 1 aliphatic heterocycles. The number of nitrogens with two attached hydrogens (primary N) is 1. The Morgan fingerprint density at radius 2 is 1.56 bits per heavy atom. The topological polar surface area (TPSA) is 167 Å². The van der Waals surface area contributed by atoms with Crippen molar-refractivity contribution < 1.29 is 38.1 Å². The van der Waals surface area contributed by atoms with Gasteiger partial charge in [-0.15, -0.1) is 0 Å². The van der Waals surface area contributed by atoms with Gasteiger partial charge in [-0.1, -0.05) is 0 Å². The summed E-state index contributed by atoms with van der Waals surface area (Å²) in [5.41, 5.74) is 4.83. The second-order valence-corrected chi connectivity index (χ2v) is 8.21. The molecule has 1 fully saturated rings. The van der Waals surface area contributed by atoms with Gasteiger partial charge >= 0.3 is 12.1 Å². The molecule has 0 saturated carbocycles. The van der Waals surface area contributed by atoms with E-state index in [2.05, 4.69) is 16.0 Å². The lowest BCUT2D eigenvalue weighted by Gasteiger charge is -2.19. The Kier molecular flexibility index (Phi) is 12.6. The number of hydrogen-bond acceptors (Lipinski definition) is 8. The van der Waals surface area contributed by atoms with Crippen molar-refractivity contribution in [2.24, 2.45) is 11.7 Å². The predicted octanol–water partition coefficient (Wildman–Crippen LogP) is 0.0407. The second kappa shape index (κ2) is 14.6. The molecule has 1 aliphatic rings. The molecule has 0 aromatic heterocycles. The minimum atomic E-state index is -0.934. The monoisotopic (exact) mass is 460 g/mol. The van der Waals surface area contributed by atoms with Gasteiger partial charge in [-0.2, -0.15) is 0 Å². The molecule has 0 aromatic carbocycles. The Balaban J connectivity index is 1.92. The van der Waals surface area contributed by atoms with Gasteiger partial charge in [0.2, 0.25) is 5.91 Å². The number of urea groups is 1. The van der Waals surface area contributed by atoms with Gasteiger partial charge in [0, 0.05) is 19.8 Å². The zero-order chi connectivity index (χ0) is 24.0. The molecule has 12 heteroatoms. The zero-order valence-electron chi connectivity index (χ0n) is 19.1. The Morgan fingerprint density at radius 3 is 2.06 bits per heavy atom. The number of rotatable bonds is 16. The van der Waals surface area contributed by atoms with E-state index in [1.165, 1.54) is 0 Å². The van der Waals surface area contributed by atoms with Crippen LogP contribution >= 0.6 is 0 Å². The third kappa shape index (κ3) is 12.4. The van der Waals surface area contributed by atoms with E-state index in [4.69, 9.17) is 24.7 Å². The summed E-state index contributed by atoms with van der Waals surface area (Å²) in [5, 5.41) is 7.14. The normalized spacial score (nSPS) is 16.9. The largest absolute Gasteiger partial charge is 0.444 e. The highest BCUT2D eigenvalue weighted by Gasteiger charge is 2.38. The number of primary amides is 1. The summed E-state index contributed by atoms with van der Waals surface area (Å²) in [6, 6.07) is -1.56. The number of hydrogen-bond donors (Lipinski definition) is 4. The van der Waals surface area contributed by atoms with Crippen LogP contribution in [0, 0.1) is 5.92 Å². The van der Waals surface area contributed by atoms with E-state index in [0.29, 0.717) is 65.4 Å². The van der Waals surface area contributed by atoms with E-state index in [-0.39, 0.29) is 0 Å². The molecular weight excluding hydrogens is 424 g/mol. The van der Waals surface area contributed by atoms with Crippen molar-refractivity contribution in [3.8, 4) is 0 Å². The van der Waals surface area contributed by atoms with Crippen molar-refractivity contribution in [3.05, 3.63) is 0 Å². The first-order valence-electron chi connectivity index (χ1n) is 10.7. The fourth-order valence-corrected chi connectivity index (χ4v) is 2.82. The van der Waals surface area contributed by atoms with Crippen LogP contribution in [-0.4, -0.2) is 81.8 Å². The van der Waals surface area contributed by atoms with E-state index >= 15 is 0 Å². The minimum Gasteiger partial charge on any atom is -0.444 e. The molecule has 0 aromatic rings. The molecule has 0 radical (unpaired) electrons. The van der Waals surface area contributed by atoms with Gasteiger partial charge in [-0.25, -0.2) is 9.59 Å². The van der Waals surface area contributed by atoms with Gasteiger partial charge in [0.05, 0.1) is 32.3 Å². The quantitative estimate of drug-likeness (QED) is 0.185. The van der Waals surface area contributed by atoms with Crippen LogP contribution in [0.4, 0.5) is 9.59 Å². The summed E-state index contributed by atoms with van der Waals surface area (Å²) in [6.07, 6.45) is 1.06. The first-order chi connectivity index (χ1) is 15.1. The van der Waals surface area contributed by atoms with Crippen molar-refractivity contribution >= 4 is 23.9 Å². The molecule has 2 unspecified atom stereocenters. The fourth-order valence-electron chi connectivity index (χ4n) is 2.82. The second-order valence-electron chi connectivity index (χ2n) is 8.21. The first kappa shape index (κ1) is 27.6. The smallest absolute Gasteiger partial charge is 0.407 e. The molecule has 5 amide bonds. The maximum absolute atomic E-state index is 11.7. The van der Waals surface area contributed by atoms with Crippen LogP contribution in [0.2, 0.25) is 0 Å². The molecule has 2 atom stereocenters. The lowest BCUT2D eigenvalue weighted by molar-refractivity contribution is -0.129. The molecule has 32 heavy (non-hydrogen) atoms. The highest BCUT2D eigenvalue weighted by atomic mass is 16.6. The molecule has 1 heterocycles. The summed E-state index contributed by atoms with van der Waals surface area (Å²) in [4.78, 5) is 45.9. The molecule has 1 saturated heterocycles. The van der Waals surface area contributed by atoms with Crippen LogP contribution in [-0.2, 0) is 28.5 Å². The lowest BCUT2D eigenvalue weighted by Crippen LogP contribution is -2.43. The summed E-state index contributed by atoms with van der Waals surface area (Å²) in [6.45, 7) is 8.38. The highest BCUT2D eigenvalue weighted by molar-refractivity contribution is 6.06. The number of carbonyl (C=O) groups excluding carboxylic acids is 4. The van der Waals surface area contributed by atoms with Gasteiger partial charge in [-0.05, 0) is 40.0 Å². The van der Waals surface area contributed by atoms with Crippen LogP contribution in [0.3, 0.4) is 0 Å². The lowest BCUT2D eigenvalue weighted by atomic mass is 9.94. The third-order valence-corrected chi connectivity index (χ3v) is 4.26. The molecule has 0 aliphatic carbocycles. The van der Waals surface area contributed by atoms with Gasteiger partial charge in [-0.3, -0.25) is 14.9 Å². The van der Waals surface area contributed by atoms with E-state index in [1.54, 1.807) is 20.8 Å². The summed E-state index contributed by atoms with van der Waals surface area (Å²) >= 11 is 0. The van der Waals surface area contributed by atoms with Crippen molar-refractivity contribution in [2.75, 3.05) is 46.2 Å². The fraction of sp³-hybridized carbons (Fsp3) is 0.800. The number of imide groups is 1. The Hall–Kier alpha value is -2.44. The van der Waals surface area contributed by atoms with Gasteiger partial charge in [0.1, 0.15) is 11.6 Å². The van der Waals surface area contributed by atoms with Crippen molar-refractivity contribution in [1.82, 2.24) is 16.0 Å². The van der Waals surface area contributed by atoms with Crippen molar-refractivity contribution in [1.29, 1.82) is 0 Å². The van der Waals surface area contributed by atoms with Crippen LogP contribution in [0.5, 0.6) is 0 Å². The standard InChI is InChI=1S/C20H36N4O8/c1-20(2,3)32-19(28)22-7-5-9-30-11-13-31-12-10-29-8-4-6-14(16(21)25)15-17(26)24-18(27)23-15/h14-15H,4-13H2,1-3H3,(H2,21,25)(H,22,28)(H2,23,24,26,27). The number of carbonyl (C=O) groups is 4. The Labute approximate surface area is 188 Å². The van der Waals surface area contributed by atoms with Crippen molar-refractivity contribution in [3.63, 3.8) is 0 Å². The highest BCUT2D eigenvalue weighted by Crippen LogP contribution is 2.14. The third-order valence-electron chi connectivity index (χ3n) is 4.26. The summed E-state index contributed by atoms with van der Waals surface area (Å²) in [7, 11) is 0. The Bertz CT molecular complexity index is 623. The molecule has 1 rings (SSSR count). The zero-order valence-corrected chi connectivity index (χ0v) is 19.1. The van der Waals surface area contributed by atoms with E-state index in [1.807, 2.05) is 0 Å². The molecule has 12 nitrogen and oxygen atoms in total. The van der Waals surface area contributed by atoms with E-state index in [0.717, 1.165) is 0 Å². The molecule has 0 bridgehead atoms. The first-order valence-corrected chi connectivity index (χ1v) is 10.7. The SMILES string of the molecule is CC(C)(C)OC(=O)NCCCOCCOCCOCCCC(C(N)=O)C1NC(=O)NC1=O. The number of alkyl carbamates (subject to hydrolysis) is 1. The van der Waals surface area contributed by atoms with E-state index in [9.17, 15) is 19.2 Å². The molecular formula is C20H36N4O8. The Morgan fingerprint density at radius 1 is 1.00 bits per heavy atom. The van der Waals surface area contributed by atoms with Crippen LogP contribution in [0.1, 0.15) is 40.0 Å². The van der Waals surface area contributed by atoms with Gasteiger partial charge in [0.15, 0.2) is 0 Å². The van der Waals surface area contributed by atoms with Crippen LogP contribution < -0.4 is 21.7 Å². The summed E-state index contributed by atoms with van der Waals surface area (Å²) < 4.78 is 21.4. The predicted molar refractivity (Wildman–Crippen MR) is 114 cm³/mol. The average molecular weight is 461 g/mol. The summed E-state index contributed by atoms with van der Waals surface area (Å²) in [5.74, 6) is -1.97. The van der Waals surface area contributed by atoms with Crippen LogP contribution in [0.25, 0.3) is 0 Å². The van der Waals surface area contributed by atoms with Crippen LogP contribution in [0.15, 0.2) is 0 Å². The number of ether oxygens (including phenoxy) is 4. The molecule has 184 valence electrons. The minimum absolute atomic E-state index is 0.325. The number of nitrogens with one attached hydrogen (secondary N) is 3. The van der Waals surface area contributed by atoms with Gasteiger partial charge in [0.25, 0.3) is 5.91 Å². The van der Waals surface area contributed by atoms with Gasteiger partial charge < -0.3 is 35.3 Å².